The maximum Gasteiger partial charge on any atom is 0.263 e. The summed E-state index contributed by atoms with van der Waals surface area (Å²) in [6, 6.07) is 8.05. The zero-order chi connectivity index (χ0) is 19.9. The second kappa shape index (κ2) is 9.80. The van der Waals surface area contributed by atoms with Crippen LogP contribution in [-0.4, -0.2) is 43.1 Å². The number of nitrogens with zero attached hydrogens (tertiary/aromatic N) is 1. The van der Waals surface area contributed by atoms with Gasteiger partial charge in [-0.1, -0.05) is 45.2 Å². The fourth-order valence-corrected chi connectivity index (χ4v) is 4.07. The van der Waals surface area contributed by atoms with E-state index in [1.54, 1.807) is 0 Å². The summed E-state index contributed by atoms with van der Waals surface area (Å²) in [5, 5.41) is 6.23. The Morgan fingerprint density at radius 2 is 1.86 bits per heavy atom. The highest BCUT2D eigenvalue weighted by molar-refractivity contribution is 5.86. The van der Waals surface area contributed by atoms with Gasteiger partial charge in [0.15, 0.2) is 6.10 Å². The van der Waals surface area contributed by atoms with Crippen LogP contribution in [0.2, 0.25) is 0 Å². The second-order valence-corrected chi connectivity index (χ2v) is 7.88. The first-order chi connectivity index (χ1) is 13.6. The van der Waals surface area contributed by atoms with Gasteiger partial charge in [-0.25, -0.2) is 0 Å². The van der Waals surface area contributed by atoms with E-state index in [0.717, 1.165) is 31.4 Å². The van der Waals surface area contributed by atoms with E-state index in [4.69, 9.17) is 4.74 Å². The van der Waals surface area contributed by atoms with Gasteiger partial charge in [-0.2, -0.15) is 0 Å². The molecule has 154 valence electrons. The average molecular weight is 388 g/mol. The SMILES string of the molecule is CCC(CC)NC(=O)C1CN(CC(=O)NC2CCCCC2)c2ccccc2O1. The number of carbonyl (C=O) groups excluding carboxylic acids is 2. The maximum atomic E-state index is 12.7. The minimum absolute atomic E-state index is 0.0164. The fourth-order valence-electron chi connectivity index (χ4n) is 4.07. The fraction of sp³-hybridized carbons (Fsp3) is 0.636. The van der Waals surface area contributed by atoms with Crippen LogP contribution < -0.4 is 20.3 Å². The van der Waals surface area contributed by atoms with Gasteiger partial charge in [-0.05, 0) is 37.8 Å². The molecule has 1 aromatic carbocycles. The van der Waals surface area contributed by atoms with E-state index in [2.05, 4.69) is 24.5 Å². The minimum Gasteiger partial charge on any atom is -0.477 e. The Balaban J connectivity index is 1.66. The van der Waals surface area contributed by atoms with Crippen molar-refractivity contribution >= 4 is 17.5 Å². The molecule has 1 atom stereocenters. The highest BCUT2D eigenvalue weighted by Crippen LogP contribution is 2.33. The number of carbonyl (C=O) groups is 2. The van der Waals surface area contributed by atoms with Crippen LogP contribution >= 0.6 is 0 Å². The van der Waals surface area contributed by atoms with Crippen molar-refractivity contribution in [2.45, 2.75) is 77.0 Å². The number of ether oxygens (including phenoxy) is 1. The lowest BCUT2D eigenvalue weighted by Crippen LogP contribution is -2.53. The van der Waals surface area contributed by atoms with Gasteiger partial charge in [0, 0.05) is 12.1 Å². The molecule has 2 amide bonds. The van der Waals surface area contributed by atoms with Crippen molar-refractivity contribution in [2.24, 2.45) is 0 Å². The summed E-state index contributed by atoms with van der Waals surface area (Å²) < 4.78 is 5.96. The van der Waals surface area contributed by atoms with Crippen molar-refractivity contribution in [1.82, 2.24) is 10.6 Å². The van der Waals surface area contributed by atoms with Gasteiger partial charge >= 0.3 is 0 Å². The first kappa shape index (κ1) is 20.5. The normalized spacial score (nSPS) is 19.7. The molecule has 1 fully saturated rings. The number of benzene rings is 1. The highest BCUT2D eigenvalue weighted by Gasteiger charge is 2.32. The summed E-state index contributed by atoms with van der Waals surface area (Å²) in [5.41, 5.74) is 0.868. The van der Waals surface area contributed by atoms with E-state index >= 15 is 0 Å². The molecule has 1 unspecified atom stereocenters. The van der Waals surface area contributed by atoms with Crippen LogP contribution in [0.3, 0.4) is 0 Å². The summed E-state index contributed by atoms with van der Waals surface area (Å²) in [6.07, 6.45) is 6.91. The summed E-state index contributed by atoms with van der Waals surface area (Å²) >= 11 is 0. The number of rotatable bonds is 7. The molecule has 1 aromatic rings. The Hall–Kier alpha value is -2.24. The Kier molecular flexibility index (Phi) is 7.18. The van der Waals surface area contributed by atoms with Crippen molar-refractivity contribution in [1.29, 1.82) is 0 Å². The monoisotopic (exact) mass is 387 g/mol. The second-order valence-electron chi connectivity index (χ2n) is 7.88. The standard InChI is InChI=1S/C22H33N3O3/c1-3-16(4-2)24-22(27)20-14-25(18-12-8-9-13-19(18)28-20)15-21(26)23-17-10-6-5-7-11-17/h8-9,12-13,16-17,20H,3-7,10-11,14-15H2,1-2H3,(H,23,26)(H,24,27). The molecule has 28 heavy (non-hydrogen) atoms. The topological polar surface area (TPSA) is 70.7 Å². The summed E-state index contributed by atoms with van der Waals surface area (Å²) in [5.74, 6) is 0.563. The van der Waals surface area contributed by atoms with Crippen molar-refractivity contribution in [3.8, 4) is 5.75 Å². The molecule has 0 bridgehead atoms. The van der Waals surface area contributed by atoms with E-state index in [-0.39, 0.29) is 30.4 Å². The maximum absolute atomic E-state index is 12.7. The van der Waals surface area contributed by atoms with Crippen LogP contribution in [0.15, 0.2) is 24.3 Å². The minimum atomic E-state index is -0.613. The molecule has 6 heteroatoms. The first-order valence-electron chi connectivity index (χ1n) is 10.7. The third-order valence-electron chi connectivity index (χ3n) is 5.79. The number of hydrogen-bond donors (Lipinski definition) is 2. The average Bonchev–Trinajstić information content (AvgIpc) is 2.72. The van der Waals surface area contributed by atoms with Gasteiger partial charge in [0.1, 0.15) is 5.75 Å². The molecular formula is C22H33N3O3. The summed E-state index contributed by atoms with van der Waals surface area (Å²) in [4.78, 5) is 27.3. The summed E-state index contributed by atoms with van der Waals surface area (Å²) in [7, 11) is 0. The molecule has 0 radical (unpaired) electrons. The van der Waals surface area contributed by atoms with Crippen molar-refractivity contribution in [3.05, 3.63) is 24.3 Å². The van der Waals surface area contributed by atoms with E-state index in [9.17, 15) is 9.59 Å². The van der Waals surface area contributed by atoms with Crippen molar-refractivity contribution in [2.75, 3.05) is 18.0 Å². The van der Waals surface area contributed by atoms with Gasteiger partial charge in [-0.15, -0.1) is 0 Å². The van der Waals surface area contributed by atoms with Crippen LogP contribution in [0.4, 0.5) is 5.69 Å². The molecule has 1 heterocycles. The van der Waals surface area contributed by atoms with Gasteiger partial charge < -0.3 is 20.3 Å². The van der Waals surface area contributed by atoms with E-state index in [1.807, 2.05) is 29.2 Å². The Bertz CT molecular complexity index is 669. The number of hydrogen-bond acceptors (Lipinski definition) is 4. The van der Waals surface area contributed by atoms with E-state index in [1.165, 1.54) is 19.3 Å². The van der Waals surface area contributed by atoms with Crippen LogP contribution in [0.5, 0.6) is 5.75 Å². The molecule has 2 aliphatic rings. The predicted molar refractivity (Wildman–Crippen MR) is 111 cm³/mol. The van der Waals surface area contributed by atoms with Gasteiger partial charge in [0.25, 0.3) is 5.91 Å². The molecule has 2 N–H and O–H groups in total. The molecule has 0 spiro atoms. The third kappa shape index (κ3) is 5.18. The summed E-state index contributed by atoms with van der Waals surface area (Å²) in [6.45, 7) is 4.74. The largest absolute Gasteiger partial charge is 0.477 e. The molecule has 6 nitrogen and oxygen atoms in total. The number of fused-ring (bicyclic) bond motifs is 1. The van der Waals surface area contributed by atoms with Crippen molar-refractivity contribution in [3.63, 3.8) is 0 Å². The third-order valence-corrected chi connectivity index (χ3v) is 5.79. The Morgan fingerprint density at radius 3 is 2.57 bits per heavy atom. The highest BCUT2D eigenvalue weighted by atomic mass is 16.5. The van der Waals surface area contributed by atoms with Crippen LogP contribution in [0.25, 0.3) is 0 Å². The molecule has 0 aromatic heterocycles. The lowest BCUT2D eigenvalue weighted by molar-refractivity contribution is -0.129. The van der Waals surface area contributed by atoms with Crippen LogP contribution in [-0.2, 0) is 9.59 Å². The molecule has 0 saturated heterocycles. The molecular weight excluding hydrogens is 354 g/mol. The number of amides is 2. The zero-order valence-electron chi connectivity index (χ0n) is 17.1. The van der Waals surface area contributed by atoms with E-state index < -0.39 is 6.10 Å². The number of nitrogens with one attached hydrogen (secondary N) is 2. The van der Waals surface area contributed by atoms with Crippen molar-refractivity contribution < 1.29 is 14.3 Å². The van der Waals surface area contributed by atoms with Gasteiger partial charge in [0.05, 0.1) is 18.8 Å². The lowest BCUT2D eigenvalue weighted by Gasteiger charge is -2.36. The predicted octanol–water partition coefficient (Wildman–Crippen LogP) is 3.01. The van der Waals surface area contributed by atoms with Gasteiger partial charge in [-0.3, -0.25) is 9.59 Å². The van der Waals surface area contributed by atoms with Gasteiger partial charge in [0.2, 0.25) is 5.91 Å². The molecule has 1 aliphatic heterocycles. The Labute approximate surface area is 168 Å². The van der Waals surface area contributed by atoms with Crippen LogP contribution in [0, 0.1) is 0 Å². The Morgan fingerprint density at radius 1 is 1.14 bits per heavy atom. The molecule has 1 saturated carbocycles. The zero-order valence-corrected chi connectivity index (χ0v) is 17.1. The quantitative estimate of drug-likeness (QED) is 0.755. The van der Waals surface area contributed by atoms with E-state index in [0.29, 0.717) is 12.3 Å². The smallest absolute Gasteiger partial charge is 0.263 e. The lowest BCUT2D eigenvalue weighted by atomic mass is 9.95. The first-order valence-corrected chi connectivity index (χ1v) is 10.7. The molecule has 3 rings (SSSR count). The molecule has 1 aliphatic carbocycles. The van der Waals surface area contributed by atoms with Crippen LogP contribution in [0.1, 0.15) is 58.8 Å². The number of para-hydroxylation sites is 2. The number of anilines is 1.